The van der Waals surface area contributed by atoms with Crippen LogP contribution in [-0.4, -0.2) is 13.5 Å². The van der Waals surface area contributed by atoms with Crippen molar-refractivity contribution in [1.82, 2.24) is 0 Å². The molecule has 2 rings (SSSR count). The molecule has 5 heteroatoms. The van der Waals surface area contributed by atoms with Crippen LogP contribution in [0.5, 0.6) is 5.75 Å². The van der Waals surface area contributed by atoms with Gasteiger partial charge in [-0.05, 0) is 25.1 Å². The number of para-hydroxylation sites is 2. The lowest BCUT2D eigenvalue weighted by molar-refractivity contribution is 0.477. The fourth-order valence-electron chi connectivity index (χ4n) is 1.49. The molecular formula is C13H14NO3S+. The summed E-state index contributed by atoms with van der Waals surface area (Å²) < 4.78 is 26.5. The van der Waals surface area contributed by atoms with Crippen molar-refractivity contribution in [3.8, 4) is 5.75 Å². The number of anilines is 1. The zero-order valence-electron chi connectivity index (χ0n) is 9.84. The van der Waals surface area contributed by atoms with Gasteiger partial charge in [-0.3, -0.25) is 4.72 Å². The summed E-state index contributed by atoms with van der Waals surface area (Å²) in [6.07, 6.45) is 0. The molecule has 0 aliphatic heterocycles. The SMILES string of the molecule is Cc1ccc(S(=O)(=O)Nc2ccccc2[OH2+])cc1. The van der Waals surface area contributed by atoms with E-state index in [1.54, 1.807) is 42.5 Å². The van der Waals surface area contributed by atoms with Gasteiger partial charge in [0, 0.05) is 6.07 Å². The van der Waals surface area contributed by atoms with Crippen LogP contribution >= 0.6 is 0 Å². The maximum absolute atomic E-state index is 12.1. The number of aryl methyl sites for hydroxylation is 1. The molecule has 94 valence electrons. The molecule has 2 aromatic rings. The number of nitrogens with one attached hydrogen (secondary N) is 1. The summed E-state index contributed by atoms with van der Waals surface area (Å²) >= 11 is 0. The van der Waals surface area contributed by atoms with Crippen LogP contribution in [0, 0.1) is 6.92 Å². The molecule has 0 atom stereocenters. The predicted molar refractivity (Wildman–Crippen MR) is 71.5 cm³/mol. The standard InChI is InChI=1S/C13H13NO3S/c1-10-6-8-11(9-7-10)18(16,17)14-12-4-2-3-5-13(12)15/h2-9,14-15H,1H3/p+1. The van der Waals surface area contributed by atoms with Crippen LogP contribution in [0.15, 0.2) is 53.4 Å². The normalized spacial score (nSPS) is 11.2. The Hall–Kier alpha value is -2.01. The van der Waals surface area contributed by atoms with Gasteiger partial charge in [-0.2, -0.15) is 0 Å². The molecule has 3 N–H and O–H groups in total. The topological polar surface area (TPSA) is 69.1 Å². The van der Waals surface area contributed by atoms with Gasteiger partial charge in [0.05, 0.1) is 4.90 Å². The van der Waals surface area contributed by atoms with Gasteiger partial charge in [0.1, 0.15) is 5.69 Å². The minimum absolute atomic E-state index is 0.146. The molecule has 0 aromatic heterocycles. The van der Waals surface area contributed by atoms with E-state index >= 15 is 0 Å². The lowest BCUT2D eigenvalue weighted by Gasteiger charge is -2.07. The Kier molecular flexibility index (Phi) is 3.25. The van der Waals surface area contributed by atoms with Gasteiger partial charge in [-0.25, -0.2) is 8.42 Å². The van der Waals surface area contributed by atoms with Crippen LogP contribution in [0.3, 0.4) is 0 Å². The van der Waals surface area contributed by atoms with Gasteiger partial charge in [0.15, 0.2) is 0 Å². The minimum Gasteiger partial charge on any atom is -0.592 e. The first-order chi connectivity index (χ1) is 8.49. The van der Waals surface area contributed by atoms with E-state index in [1.165, 1.54) is 6.07 Å². The summed E-state index contributed by atoms with van der Waals surface area (Å²) in [6.45, 7) is 1.89. The molecule has 0 heterocycles. The first kappa shape index (κ1) is 12.4. The first-order valence-electron chi connectivity index (χ1n) is 5.39. The van der Waals surface area contributed by atoms with Gasteiger partial charge in [-0.15, -0.1) is 0 Å². The van der Waals surface area contributed by atoms with Crippen molar-refractivity contribution in [2.75, 3.05) is 4.72 Å². The summed E-state index contributed by atoms with van der Waals surface area (Å²) in [5.74, 6) is 0.146. The molecule has 0 saturated carbocycles. The smallest absolute Gasteiger partial charge is 0.278 e. The number of benzene rings is 2. The molecule has 2 aromatic carbocycles. The van der Waals surface area contributed by atoms with Crippen molar-refractivity contribution in [3.05, 3.63) is 54.1 Å². The first-order valence-corrected chi connectivity index (χ1v) is 6.87. The summed E-state index contributed by atoms with van der Waals surface area (Å²) in [5.41, 5.74) is 1.27. The zero-order valence-corrected chi connectivity index (χ0v) is 10.7. The molecule has 0 saturated heterocycles. The highest BCUT2D eigenvalue weighted by Gasteiger charge is 2.16. The van der Waals surface area contributed by atoms with Crippen molar-refractivity contribution in [3.63, 3.8) is 0 Å². The second-order valence-electron chi connectivity index (χ2n) is 3.96. The minimum atomic E-state index is -3.62. The van der Waals surface area contributed by atoms with E-state index in [0.717, 1.165) is 5.56 Å². The van der Waals surface area contributed by atoms with Crippen molar-refractivity contribution in [2.45, 2.75) is 11.8 Å². The molecule has 0 aliphatic carbocycles. The van der Waals surface area contributed by atoms with E-state index < -0.39 is 10.0 Å². The maximum Gasteiger partial charge on any atom is 0.278 e. The van der Waals surface area contributed by atoms with Gasteiger partial charge in [0.2, 0.25) is 0 Å². The van der Waals surface area contributed by atoms with Crippen LogP contribution in [0.4, 0.5) is 5.69 Å². The molecule has 18 heavy (non-hydrogen) atoms. The lowest BCUT2D eigenvalue weighted by atomic mass is 10.2. The Bertz CT molecular complexity index is 648. The van der Waals surface area contributed by atoms with Gasteiger partial charge in [0.25, 0.3) is 15.8 Å². The largest absolute Gasteiger partial charge is 0.592 e. The summed E-state index contributed by atoms with van der Waals surface area (Å²) in [5, 5.41) is 7.62. The molecule has 4 nitrogen and oxygen atoms in total. The summed E-state index contributed by atoms with van der Waals surface area (Å²) in [7, 11) is -3.62. The summed E-state index contributed by atoms with van der Waals surface area (Å²) in [4.78, 5) is 0.191. The lowest BCUT2D eigenvalue weighted by Crippen LogP contribution is -2.12. The van der Waals surface area contributed by atoms with Crippen molar-refractivity contribution < 1.29 is 13.5 Å². The third-order valence-corrected chi connectivity index (χ3v) is 3.88. The predicted octanol–water partition coefficient (Wildman–Crippen LogP) is 2.23. The second-order valence-corrected chi connectivity index (χ2v) is 5.65. The Morgan fingerprint density at radius 1 is 1.00 bits per heavy atom. The van der Waals surface area contributed by atoms with E-state index in [2.05, 4.69) is 4.72 Å². The van der Waals surface area contributed by atoms with E-state index in [9.17, 15) is 8.42 Å². The Labute approximate surface area is 106 Å². The van der Waals surface area contributed by atoms with Crippen molar-refractivity contribution in [2.24, 2.45) is 0 Å². The highest BCUT2D eigenvalue weighted by molar-refractivity contribution is 7.92. The highest BCUT2D eigenvalue weighted by Crippen LogP contribution is 2.24. The van der Waals surface area contributed by atoms with Crippen LogP contribution in [0.25, 0.3) is 0 Å². The third kappa shape index (κ3) is 2.62. The average Bonchev–Trinajstić information content (AvgIpc) is 2.32. The number of sulfonamides is 1. The van der Waals surface area contributed by atoms with Crippen LogP contribution in [0.2, 0.25) is 0 Å². The molecule has 0 bridgehead atoms. The Morgan fingerprint density at radius 2 is 1.61 bits per heavy atom. The molecule has 0 radical (unpaired) electrons. The highest BCUT2D eigenvalue weighted by atomic mass is 32.2. The molecule has 0 unspecified atom stereocenters. The fraction of sp³-hybridized carbons (Fsp3) is 0.0769. The maximum atomic E-state index is 12.1. The number of rotatable bonds is 3. The fourth-order valence-corrected chi connectivity index (χ4v) is 2.57. The monoisotopic (exact) mass is 264 g/mol. The Morgan fingerprint density at radius 3 is 2.22 bits per heavy atom. The Balaban J connectivity index is 2.33. The second kappa shape index (κ2) is 4.70. The van der Waals surface area contributed by atoms with Gasteiger partial charge in [-0.1, -0.05) is 29.8 Å². The third-order valence-electron chi connectivity index (χ3n) is 2.50. The van der Waals surface area contributed by atoms with E-state index in [1.807, 2.05) is 6.92 Å². The van der Waals surface area contributed by atoms with Crippen molar-refractivity contribution >= 4 is 15.7 Å². The molecule has 0 fully saturated rings. The van der Waals surface area contributed by atoms with Crippen LogP contribution in [-0.2, 0) is 10.0 Å². The van der Waals surface area contributed by atoms with E-state index in [0.29, 0.717) is 0 Å². The number of hydrogen-bond acceptors (Lipinski definition) is 2. The summed E-state index contributed by atoms with van der Waals surface area (Å²) in [6, 6.07) is 13.0. The molecule has 0 amide bonds. The van der Waals surface area contributed by atoms with Crippen molar-refractivity contribution in [1.29, 1.82) is 0 Å². The quantitative estimate of drug-likeness (QED) is 0.864. The molecule has 0 spiro atoms. The van der Waals surface area contributed by atoms with Crippen LogP contribution < -0.4 is 4.72 Å². The van der Waals surface area contributed by atoms with Crippen LogP contribution in [0.1, 0.15) is 5.56 Å². The number of hydrogen-bond donors (Lipinski definition) is 1. The zero-order chi connectivity index (χ0) is 13.2. The van der Waals surface area contributed by atoms with E-state index in [4.69, 9.17) is 5.11 Å². The molecular weight excluding hydrogens is 250 g/mol. The van der Waals surface area contributed by atoms with E-state index in [-0.39, 0.29) is 16.3 Å². The van der Waals surface area contributed by atoms with Gasteiger partial charge < -0.3 is 5.11 Å². The van der Waals surface area contributed by atoms with Gasteiger partial charge >= 0.3 is 0 Å². The molecule has 0 aliphatic rings. The average molecular weight is 264 g/mol.